The van der Waals surface area contributed by atoms with Crippen molar-refractivity contribution in [1.82, 2.24) is 10.3 Å². The van der Waals surface area contributed by atoms with Gasteiger partial charge in [-0.2, -0.15) is 0 Å². The number of carbonyl (C=O) groups excluding carboxylic acids is 1. The summed E-state index contributed by atoms with van der Waals surface area (Å²) in [5.74, 6) is -0.305. The monoisotopic (exact) mass is 264 g/mol. The van der Waals surface area contributed by atoms with Gasteiger partial charge in [0.1, 0.15) is 5.56 Å². The number of carbonyl (C=O) groups is 1. The van der Waals surface area contributed by atoms with Gasteiger partial charge in [-0.15, -0.1) is 0 Å². The van der Waals surface area contributed by atoms with Crippen LogP contribution < -0.4 is 10.9 Å². The highest BCUT2D eigenvalue weighted by molar-refractivity contribution is 5.94. The van der Waals surface area contributed by atoms with E-state index in [-0.39, 0.29) is 28.5 Å². The molecule has 19 heavy (non-hydrogen) atoms. The van der Waals surface area contributed by atoms with E-state index in [0.29, 0.717) is 0 Å². The molecule has 0 fully saturated rings. The predicted octanol–water partition coefficient (Wildman–Crippen LogP) is 2.55. The van der Waals surface area contributed by atoms with Crippen LogP contribution in [0.25, 0.3) is 0 Å². The second kappa shape index (κ2) is 5.59. The van der Waals surface area contributed by atoms with E-state index in [1.807, 2.05) is 20.8 Å². The van der Waals surface area contributed by atoms with Gasteiger partial charge in [-0.3, -0.25) is 9.59 Å². The number of amides is 1. The molecule has 106 valence electrons. The molecule has 0 bridgehead atoms. The lowest BCUT2D eigenvalue weighted by atomic mass is 9.88. The summed E-state index contributed by atoms with van der Waals surface area (Å²) in [5.41, 5.74) is 1.70. The van der Waals surface area contributed by atoms with Crippen molar-refractivity contribution in [1.29, 1.82) is 0 Å². The van der Waals surface area contributed by atoms with Crippen LogP contribution in [0.4, 0.5) is 0 Å². The molecular formula is C15H24N2O2. The highest BCUT2D eigenvalue weighted by Gasteiger charge is 2.19. The van der Waals surface area contributed by atoms with Gasteiger partial charge in [-0.25, -0.2) is 0 Å². The molecule has 0 aromatic carbocycles. The fourth-order valence-corrected chi connectivity index (χ4v) is 2.17. The quantitative estimate of drug-likeness (QED) is 0.881. The van der Waals surface area contributed by atoms with Gasteiger partial charge >= 0.3 is 0 Å². The molecule has 1 aromatic heterocycles. The van der Waals surface area contributed by atoms with Crippen molar-refractivity contribution in [3.63, 3.8) is 0 Å². The SMILES string of the molecule is Cc1cc(C(=O)N[C@H](C)CC(C)(C)C)c(=O)[nH]c1C. The molecule has 0 aliphatic carbocycles. The highest BCUT2D eigenvalue weighted by atomic mass is 16.2. The molecule has 0 radical (unpaired) electrons. The number of aromatic amines is 1. The van der Waals surface area contributed by atoms with Crippen LogP contribution in [-0.4, -0.2) is 16.9 Å². The zero-order valence-corrected chi connectivity index (χ0v) is 12.7. The van der Waals surface area contributed by atoms with Crippen molar-refractivity contribution in [2.24, 2.45) is 5.41 Å². The average Bonchev–Trinajstić information content (AvgIpc) is 2.20. The lowest BCUT2D eigenvalue weighted by molar-refractivity contribution is 0.0929. The minimum absolute atomic E-state index is 0.0357. The Balaban J connectivity index is 2.85. The van der Waals surface area contributed by atoms with Crippen molar-refractivity contribution < 1.29 is 4.79 Å². The molecule has 1 heterocycles. The number of pyridine rings is 1. The summed E-state index contributed by atoms with van der Waals surface area (Å²) >= 11 is 0. The van der Waals surface area contributed by atoms with Crippen LogP contribution in [0.1, 0.15) is 55.7 Å². The zero-order chi connectivity index (χ0) is 14.8. The molecule has 1 amide bonds. The maximum absolute atomic E-state index is 12.1. The van der Waals surface area contributed by atoms with Gasteiger partial charge in [-0.05, 0) is 44.2 Å². The van der Waals surface area contributed by atoms with E-state index in [9.17, 15) is 9.59 Å². The minimum Gasteiger partial charge on any atom is -0.349 e. The number of nitrogens with one attached hydrogen (secondary N) is 2. The fraction of sp³-hybridized carbons (Fsp3) is 0.600. The number of rotatable bonds is 3. The zero-order valence-electron chi connectivity index (χ0n) is 12.7. The van der Waals surface area contributed by atoms with E-state index < -0.39 is 0 Å². The van der Waals surface area contributed by atoms with E-state index in [1.165, 1.54) is 0 Å². The molecule has 1 rings (SSSR count). The standard InChI is InChI=1S/C15H24N2O2/c1-9-7-12(14(19)17-11(9)3)13(18)16-10(2)8-15(4,5)6/h7,10H,8H2,1-6H3,(H,16,18)(H,17,19)/t10-/m1/s1. The van der Waals surface area contributed by atoms with Gasteiger partial charge in [-0.1, -0.05) is 20.8 Å². The van der Waals surface area contributed by atoms with Crippen molar-refractivity contribution >= 4 is 5.91 Å². The lowest BCUT2D eigenvalue weighted by Gasteiger charge is -2.23. The first kappa shape index (κ1) is 15.5. The normalized spacial score (nSPS) is 13.2. The Kier molecular flexibility index (Phi) is 4.56. The Morgan fingerprint density at radius 1 is 1.37 bits per heavy atom. The summed E-state index contributed by atoms with van der Waals surface area (Å²) < 4.78 is 0. The van der Waals surface area contributed by atoms with Gasteiger partial charge in [0.05, 0.1) is 0 Å². The summed E-state index contributed by atoms with van der Waals surface area (Å²) in [5, 5.41) is 2.88. The topological polar surface area (TPSA) is 62.0 Å². The number of hydrogen-bond acceptors (Lipinski definition) is 2. The molecule has 1 atom stereocenters. The maximum atomic E-state index is 12.1. The molecule has 2 N–H and O–H groups in total. The molecule has 0 saturated heterocycles. The third-order valence-electron chi connectivity index (χ3n) is 3.04. The molecule has 0 saturated carbocycles. The number of hydrogen-bond donors (Lipinski definition) is 2. The Labute approximate surface area is 114 Å². The van der Waals surface area contributed by atoms with E-state index >= 15 is 0 Å². The molecule has 4 heteroatoms. The second-order valence-corrected chi connectivity index (χ2v) is 6.46. The second-order valence-electron chi connectivity index (χ2n) is 6.46. The van der Waals surface area contributed by atoms with Crippen molar-refractivity contribution in [2.75, 3.05) is 0 Å². The first-order chi connectivity index (χ1) is 8.60. The van der Waals surface area contributed by atoms with Gasteiger partial charge < -0.3 is 10.3 Å². The highest BCUT2D eigenvalue weighted by Crippen LogP contribution is 2.20. The van der Waals surface area contributed by atoms with Crippen LogP contribution in [0, 0.1) is 19.3 Å². The summed E-state index contributed by atoms with van der Waals surface area (Å²) in [4.78, 5) is 26.6. The third kappa shape index (κ3) is 4.54. The smallest absolute Gasteiger partial charge is 0.261 e. The third-order valence-corrected chi connectivity index (χ3v) is 3.04. The van der Waals surface area contributed by atoms with Crippen LogP contribution in [0.3, 0.4) is 0 Å². The Hall–Kier alpha value is -1.58. The van der Waals surface area contributed by atoms with E-state index in [1.54, 1.807) is 6.07 Å². The molecule has 0 unspecified atom stereocenters. The number of aryl methyl sites for hydroxylation is 2. The maximum Gasteiger partial charge on any atom is 0.261 e. The molecule has 0 spiro atoms. The van der Waals surface area contributed by atoms with Crippen LogP contribution in [0.5, 0.6) is 0 Å². The Morgan fingerprint density at radius 3 is 2.47 bits per heavy atom. The van der Waals surface area contributed by atoms with Crippen molar-refractivity contribution in [3.8, 4) is 0 Å². The van der Waals surface area contributed by atoms with Gasteiger partial charge in [0.25, 0.3) is 11.5 Å². The van der Waals surface area contributed by atoms with Gasteiger partial charge in [0.2, 0.25) is 0 Å². The Bertz CT molecular complexity index is 524. The minimum atomic E-state index is -0.330. The van der Waals surface area contributed by atoms with Crippen LogP contribution in [0.15, 0.2) is 10.9 Å². The summed E-state index contributed by atoms with van der Waals surface area (Å²) in [6, 6.07) is 1.68. The van der Waals surface area contributed by atoms with Crippen LogP contribution >= 0.6 is 0 Å². The largest absolute Gasteiger partial charge is 0.349 e. The summed E-state index contributed by atoms with van der Waals surface area (Å²) in [7, 11) is 0. The molecule has 0 aliphatic rings. The van der Waals surface area contributed by atoms with Crippen molar-refractivity contribution in [3.05, 3.63) is 33.2 Å². The first-order valence-electron chi connectivity index (χ1n) is 6.61. The summed E-state index contributed by atoms with van der Waals surface area (Å²) in [6.07, 6.45) is 0.863. The van der Waals surface area contributed by atoms with Crippen LogP contribution in [0.2, 0.25) is 0 Å². The van der Waals surface area contributed by atoms with Crippen LogP contribution in [-0.2, 0) is 0 Å². The predicted molar refractivity (Wildman–Crippen MR) is 77.5 cm³/mol. The van der Waals surface area contributed by atoms with Gasteiger partial charge in [0.15, 0.2) is 0 Å². The average molecular weight is 264 g/mol. The van der Waals surface area contributed by atoms with Gasteiger partial charge in [0, 0.05) is 11.7 Å². The molecule has 0 aliphatic heterocycles. The molecule has 4 nitrogen and oxygen atoms in total. The van der Waals surface area contributed by atoms with E-state index in [4.69, 9.17) is 0 Å². The summed E-state index contributed by atoms with van der Waals surface area (Å²) in [6.45, 7) is 12.0. The Morgan fingerprint density at radius 2 is 1.95 bits per heavy atom. The van der Waals surface area contributed by atoms with Crippen molar-refractivity contribution in [2.45, 2.75) is 54.0 Å². The van der Waals surface area contributed by atoms with E-state index in [0.717, 1.165) is 17.7 Å². The lowest BCUT2D eigenvalue weighted by Crippen LogP contribution is -2.38. The molecular weight excluding hydrogens is 240 g/mol. The first-order valence-corrected chi connectivity index (χ1v) is 6.61. The fourth-order valence-electron chi connectivity index (χ4n) is 2.17. The van der Waals surface area contributed by atoms with E-state index in [2.05, 4.69) is 31.1 Å². The number of H-pyrrole nitrogens is 1. The molecule has 1 aromatic rings. The number of aromatic nitrogens is 1.